The Bertz CT molecular complexity index is 525. The van der Waals surface area contributed by atoms with Crippen LogP contribution in [0.2, 0.25) is 0 Å². The number of rotatable bonds is 1. The van der Waals surface area contributed by atoms with Gasteiger partial charge in [-0.05, 0) is 18.4 Å². The average molecular weight is 223 g/mol. The number of fused-ring (bicyclic) bond motifs is 1. The van der Waals surface area contributed by atoms with Crippen LogP contribution in [0.25, 0.3) is 10.1 Å². The van der Waals surface area contributed by atoms with E-state index in [0.717, 1.165) is 15.0 Å². The highest BCUT2D eigenvalue weighted by molar-refractivity contribution is 7.99. The zero-order valence-electron chi connectivity index (χ0n) is 7.37. The molecule has 0 aliphatic heterocycles. The van der Waals surface area contributed by atoms with Gasteiger partial charge in [0.05, 0.1) is 5.56 Å². The van der Waals surface area contributed by atoms with Crippen LogP contribution in [-0.2, 0) is 0 Å². The van der Waals surface area contributed by atoms with Crippen LogP contribution in [0.15, 0.2) is 22.4 Å². The number of nitrogens with zero attached hydrogens (tertiary/aromatic N) is 1. The van der Waals surface area contributed by atoms with E-state index in [1.807, 2.05) is 17.7 Å². The summed E-state index contributed by atoms with van der Waals surface area (Å²) in [6.07, 6.45) is 1.96. The number of nitriles is 1. The van der Waals surface area contributed by atoms with Crippen molar-refractivity contribution in [3.8, 4) is 6.07 Å². The summed E-state index contributed by atoms with van der Waals surface area (Å²) in [6, 6.07) is 4.89. The van der Waals surface area contributed by atoms with Crippen LogP contribution in [0.1, 0.15) is 5.56 Å². The summed E-state index contributed by atoms with van der Waals surface area (Å²) in [4.78, 5) is 1.06. The lowest BCUT2D eigenvalue weighted by Crippen LogP contribution is -1.81. The molecule has 2 rings (SSSR count). The van der Waals surface area contributed by atoms with E-state index in [2.05, 4.69) is 0 Å². The predicted molar refractivity (Wildman–Crippen MR) is 58.3 cm³/mol. The van der Waals surface area contributed by atoms with Gasteiger partial charge in [0.25, 0.3) is 0 Å². The van der Waals surface area contributed by atoms with Gasteiger partial charge in [0, 0.05) is 20.4 Å². The van der Waals surface area contributed by atoms with Crippen molar-refractivity contribution in [2.45, 2.75) is 4.90 Å². The van der Waals surface area contributed by atoms with Crippen LogP contribution >= 0.6 is 23.1 Å². The molecule has 0 N–H and O–H groups in total. The van der Waals surface area contributed by atoms with Gasteiger partial charge in [-0.1, -0.05) is 0 Å². The highest BCUT2D eigenvalue weighted by Gasteiger charge is 2.08. The summed E-state index contributed by atoms with van der Waals surface area (Å²) >= 11 is 3.13. The molecule has 0 saturated carbocycles. The summed E-state index contributed by atoms with van der Waals surface area (Å²) in [5.41, 5.74) is 0.118. The molecule has 2 aromatic rings. The molecule has 0 aliphatic carbocycles. The van der Waals surface area contributed by atoms with Gasteiger partial charge in [-0.25, -0.2) is 4.39 Å². The minimum absolute atomic E-state index is 0.118. The van der Waals surface area contributed by atoms with Crippen molar-refractivity contribution in [3.63, 3.8) is 0 Å². The fraction of sp³-hybridized carbons (Fsp3) is 0.100. The molecule has 1 nitrogen and oxygen atoms in total. The molecule has 1 aromatic carbocycles. The first-order valence-electron chi connectivity index (χ1n) is 3.91. The molecule has 1 heterocycles. The minimum Gasteiger partial charge on any atom is -0.206 e. The van der Waals surface area contributed by atoms with Crippen molar-refractivity contribution < 1.29 is 4.39 Å². The van der Waals surface area contributed by atoms with E-state index in [-0.39, 0.29) is 5.56 Å². The van der Waals surface area contributed by atoms with E-state index < -0.39 is 5.82 Å². The van der Waals surface area contributed by atoms with E-state index in [1.54, 1.807) is 17.8 Å². The molecule has 14 heavy (non-hydrogen) atoms. The van der Waals surface area contributed by atoms with Crippen molar-refractivity contribution in [3.05, 3.63) is 28.9 Å². The zero-order chi connectivity index (χ0) is 10.1. The second kappa shape index (κ2) is 3.60. The quantitative estimate of drug-likeness (QED) is 0.689. The summed E-state index contributed by atoms with van der Waals surface area (Å²) < 4.78 is 14.3. The molecule has 70 valence electrons. The summed E-state index contributed by atoms with van der Waals surface area (Å²) in [7, 11) is 0. The lowest BCUT2D eigenvalue weighted by atomic mass is 10.2. The largest absolute Gasteiger partial charge is 0.206 e. The van der Waals surface area contributed by atoms with Gasteiger partial charge in [0.2, 0.25) is 0 Å². The molecule has 0 amide bonds. The Labute approximate surface area is 89.2 Å². The second-order valence-corrected chi connectivity index (χ2v) is 4.50. The molecule has 0 saturated heterocycles. The lowest BCUT2D eigenvalue weighted by molar-refractivity contribution is 0.626. The maximum Gasteiger partial charge on any atom is 0.141 e. The van der Waals surface area contributed by atoms with Crippen LogP contribution in [0.5, 0.6) is 0 Å². The van der Waals surface area contributed by atoms with Gasteiger partial charge < -0.3 is 0 Å². The first kappa shape index (κ1) is 9.50. The topological polar surface area (TPSA) is 23.8 Å². The van der Waals surface area contributed by atoms with Crippen LogP contribution in [0, 0.1) is 17.1 Å². The number of hydrogen-bond acceptors (Lipinski definition) is 3. The Morgan fingerprint density at radius 2 is 2.29 bits per heavy atom. The first-order chi connectivity index (χ1) is 6.76. The van der Waals surface area contributed by atoms with E-state index in [0.29, 0.717) is 0 Å². The monoisotopic (exact) mass is 223 g/mol. The van der Waals surface area contributed by atoms with Crippen molar-refractivity contribution in [2.24, 2.45) is 0 Å². The number of halogens is 1. The highest BCUT2D eigenvalue weighted by Crippen LogP contribution is 2.33. The van der Waals surface area contributed by atoms with E-state index in [4.69, 9.17) is 5.26 Å². The van der Waals surface area contributed by atoms with Gasteiger partial charge in [0.1, 0.15) is 11.9 Å². The Balaban J connectivity index is 2.77. The first-order valence-corrected chi connectivity index (χ1v) is 6.01. The molecule has 0 unspecified atom stereocenters. The molecule has 0 fully saturated rings. The van der Waals surface area contributed by atoms with Gasteiger partial charge >= 0.3 is 0 Å². The van der Waals surface area contributed by atoms with Crippen molar-refractivity contribution in [1.82, 2.24) is 0 Å². The molecule has 1 aromatic heterocycles. The van der Waals surface area contributed by atoms with Gasteiger partial charge in [-0.3, -0.25) is 0 Å². The molecular weight excluding hydrogens is 217 g/mol. The zero-order valence-corrected chi connectivity index (χ0v) is 9.01. The summed E-state index contributed by atoms with van der Waals surface area (Å²) in [6.45, 7) is 0. The molecule has 4 heteroatoms. The third-order valence-electron chi connectivity index (χ3n) is 1.97. The highest BCUT2D eigenvalue weighted by atomic mass is 32.2. The van der Waals surface area contributed by atoms with Crippen LogP contribution in [-0.4, -0.2) is 6.26 Å². The normalized spacial score (nSPS) is 10.4. The molecule has 0 aliphatic rings. The SMILES string of the molecule is CSc1csc2cc(C#N)c(F)cc12. The van der Waals surface area contributed by atoms with Gasteiger partial charge in [-0.2, -0.15) is 5.26 Å². The molecule has 0 radical (unpaired) electrons. The Hall–Kier alpha value is -1.05. The third-order valence-corrected chi connectivity index (χ3v) is 3.84. The van der Waals surface area contributed by atoms with E-state index >= 15 is 0 Å². The Kier molecular flexibility index (Phi) is 2.44. The van der Waals surface area contributed by atoms with Crippen LogP contribution in [0.3, 0.4) is 0 Å². The fourth-order valence-electron chi connectivity index (χ4n) is 1.27. The van der Waals surface area contributed by atoms with Crippen LogP contribution < -0.4 is 0 Å². The van der Waals surface area contributed by atoms with Crippen molar-refractivity contribution in [2.75, 3.05) is 6.26 Å². The Morgan fingerprint density at radius 1 is 1.50 bits per heavy atom. The number of thioether (sulfide) groups is 1. The average Bonchev–Trinajstić information content (AvgIpc) is 2.58. The Morgan fingerprint density at radius 3 is 2.93 bits per heavy atom. The van der Waals surface area contributed by atoms with E-state index in [9.17, 15) is 4.39 Å². The third kappa shape index (κ3) is 1.39. The number of thiophene rings is 1. The fourth-order valence-corrected chi connectivity index (χ4v) is 3.09. The van der Waals surface area contributed by atoms with Crippen molar-refractivity contribution in [1.29, 1.82) is 5.26 Å². The standard InChI is InChI=1S/C10H6FNS2/c1-13-10-5-14-9-2-6(4-12)8(11)3-7(9)10/h2-3,5H,1H3. The van der Waals surface area contributed by atoms with Gasteiger partial charge in [-0.15, -0.1) is 23.1 Å². The number of benzene rings is 1. The minimum atomic E-state index is -0.436. The van der Waals surface area contributed by atoms with Crippen molar-refractivity contribution >= 4 is 33.2 Å². The maximum atomic E-state index is 13.3. The molecule has 0 atom stereocenters. The molecular formula is C10H6FNS2. The maximum absolute atomic E-state index is 13.3. The molecule has 0 bridgehead atoms. The lowest BCUT2D eigenvalue weighted by Gasteiger charge is -1.96. The number of hydrogen-bond donors (Lipinski definition) is 0. The van der Waals surface area contributed by atoms with Gasteiger partial charge in [0.15, 0.2) is 0 Å². The smallest absolute Gasteiger partial charge is 0.141 e. The predicted octanol–water partition coefficient (Wildman–Crippen LogP) is 3.63. The second-order valence-electron chi connectivity index (χ2n) is 2.74. The van der Waals surface area contributed by atoms with Crippen LogP contribution in [0.4, 0.5) is 4.39 Å². The summed E-state index contributed by atoms with van der Waals surface area (Å²) in [5, 5.41) is 11.5. The van der Waals surface area contributed by atoms with E-state index in [1.165, 1.54) is 17.4 Å². The summed E-state index contributed by atoms with van der Waals surface area (Å²) in [5.74, 6) is -0.436. The molecule has 0 spiro atoms.